The number of anilines is 2. The van der Waals surface area contributed by atoms with E-state index in [1.165, 1.54) is 12.1 Å². The molecule has 0 amide bonds. The molecule has 0 bridgehead atoms. The maximum absolute atomic E-state index is 11.0. The molecule has 4 rings (SSSR count). The predicted molar refractivity (Wildman–Crippen MR) is 119 cm³/mol. The van der Waals surface area contributed by atoms with Crippen molar-refractivity contribution in [3.8, 4) is 11.4 Å². The first-order chi connectivity index (χ1) is 13.1. The molecule has 0 atom stereocenters. The maximum atomic E-state index is 11.0. The van der Waals surface area contributed by atoms with Crippen molar-refractivity contribution in [1.82, 2.24) is 15.0 Å². The summed E-state index contributed by atoms with van der Waals surface area (Å²) in [5.74, 6) is 1.19. The number of non-ortho nitro benzene ring substituents is 1. The van der Waals surface area contributed by atoms with Gasteiger partial charge >= 0.3 is 0 Å². The third kappa shape index (κ3) is 4.02. The number of rotatable bonds is 4. The molecule has 4 aromatic rings. The smallest absolute Gasteiger partial charge is 0.270 e. The number of aromatic nitrogens is 3. The van der Waals surface area contributed by atoms with Crippen molar-refractivity contribution >= 4 is 63.1 Å². The van der Waals surface area contributed by atoms with E-state index in [-0.39, 0.29) is 18.1 Å². The van der Waals surface area contributed by atoms with Crippen LogP contribution in [-0.4, -0.2) is 19.9 Å². The molecule has 0 spiro atoms. The van der Waals surface area contributed by atoms with Crippen molar-refractivity contribution in [3.63, 3.8) is 0 Å². The number of nitrogens with one attached hydrogen (secondary N) is 1. The molecule has 0 unspecified atom stereocenters. The number of halogens is 2. The number of pyridine rings is 1. The minimum atomic E-state index is -0.410. The molecule has 2 aromatic carbocycles. The highest BCUT2D eigenvalue weighted by Crippen LogP contribution is 2.30. The van der Waals surface area contributed by atoms with Gasteiger partial charge in [0.05, 0.1) is 16.1 Å². The lowest BCUT2D eigenvalue weighted by Crippen LogP contribution is -2.01. The molecular formula is C19H13ClIN5O2. The number of hydrogen-bond donors (Lipinski definition) is 1. The van der Waals surface area contributed by atoms with Crippen LogP contribution in [0.25, 0.3) is 22.3 Å². The second-order valence-electron chi connectivity index (χ2n) is 5.70. The number of nitro benzene ring substituents is 1. The van der Waals surface area contributed by atoms with Gasteiger partial charge in [0.25, 0.3) is 5.69 Å². The van der Waals surface area contributed by atoms with Gasteiger partial charge in [-0.15, -0.1) is 12.4 Å². The molecule has 0 fully saturated rings. The molecule has 9 heteroatoms. The fourth-order valence-electron chi connectivity index (χ4n) is 2.64. The Morgan fingerprint density at radius 1 is 1.04 bits per heavy atom. The molecule has 0 radical (unpaired) electrons. The Bertz CT molecular complexity index is 1160. The normalized spacial score (nSPS) is 10.3. The first-order valence-electron chi connectivity index (χ1n) is 8.00. The first-order valence-corrected chi connectivity index (χ1v) is 9.08. The standard InChI is InChI=1S/C19H12IN5O2.ClH/c20-15-10-13(25(26)27)7-8-17(15)23-19-14-5-1-2-6-16(14)22-18(24-19)12-4-3-9-21-11-12;/h1-11H,(H,22,23,24);1H. The minimum Gasteiger partial charge on any atom is -0.339 e. The fraction of sp³-hybridized carbons (Fsp3) is 0. The van der Waals surface area contributed by atoms with Gasteiger partial charge in [0, 0.05) is 39.0 Å². The SMILES string of the molecule is Cl.O=[N+]([O-])c1ccc(Nc2nc(-c3cccnc3)nc3ccccc23)c(I)c1. The molecule has 28 heavy (non-hydrogen) atoms. The molecule has 2 aromatic heterocycles. The highest BCUT2D eigenvalue weighted by atomic mass is 127. The highest BCUT2D eigenvalue weighted by Gasteiger charge is 2.13. The van der Waals surface area contributed by atoms with Crippen LogP contribution in [0.4, 0.5) is 17.2 Å². The van der Waals surface area contributed by atoms with Gasteiger partial charge in [-0.2, -0.15) is 0 Å². The van der Waals surface area contributed by atoms with E-state index in [9.17, 15) is 10.1 Å². The summed E-state index contributed by atoms with van der Waals surface area (Å²) in [6, 6.07) is 16.1. The average Bonchev–Trinajstić information content (AvgIpc) is 2.70. The van der Waals surface area contributed by atoms with Crippen molar-refractivity contribution in [2.45, 2.75) is 0 Å². The quantitative estimate of drug-likeness (QED) is 0.228. The lowest BCUT2D eigenvalue weighted by molar-refractivity contribution is -0.384. The van der Waals surface area contributed by atoms with Crippen molar-refractivity contribution in [2.24, 2.45) is 0 Å². The number of nitro groups is 1. The number of hydrogen-bond acceptors (Lipinski definition) is 6. The molecule has 0 saturated heterocycles. The van der Waals surface area contributed by atoms with Gasteiger partial charge in [0.1, 0.15) is 5.82 Å². The van der Waals surface area contributed by atoms with E-state index in [4.69, 9.17) is 0 Å². The molecule has 140 valence electrons. The maximum Gasteiger partial charge on any atom is 0.270 e. The summed E-state index contributed by atoms with van der Waals surface area (Å²) >= 11 is 2.07. The van der Waals surface area contributed by atoms with Gasteiger partial charge in [0.2, 0.25) is 0 Å². The van der Waals surface area contributed by atoms with Crippen LogP contribution in [0.1, 0.15) is 0 Å². The van der Waals surface area contributed by atoms with E-state index in [0.717, 1.165) is 25.7 Å². The van der Waals surface area contributed by atoms with Gasteiger partial charge in [-0.25, -0.2) is 9.97 Å². The third-order valence-corrected chi connectivity index (χ3v) is 4.83. The molecule has 0 aliphatic heterocycles. The third-order valence-electron chi connectivity index (χ3n) is 3.94. The van der Waals surface area contributed by atoms with Gasteiger partial charge in [0.15, 0.2) is 5.82 Å². The Hall–Kier alpha value is -2.85. The first kappa shape index (κ1) is 19.9. The summed E-state index contributed by atoms with van der Waals surface area (Å²) in [5.41, 5.74) is 2.39. The predicted octanol–water partition coefficient (Wildman–Crippen LogP) is 5.37. The van der Waals surface area contributed by atoms with E-state index in [0.29, 0.717) is 11.6 Å². The second-order valence-corrected chi connectivity index (χ2v) is 6.86. The van der Waals surface area contributed by atoms with E-state index in [2.05, 4.69) is 42.9 Å². The molecule has 7 nitrogen and oxygen atoms in total. The zero-order valence-corrected chi connectivity index (χ0v) is 17.2. The zero-order valence-electron chi connectivity index (χ0n) is 14.2. The number of benzene rings is 2. The van der Waals surface area contributed by atoms with E-state index in [1.54, 1.807) is 18.5 Å². The van der Waals surface area contributed by atoms with Crippen LogP contribution in [-0.2, 0) is 0 Å². The van der Waals surface area contributed by atoms with Crippen LogP contribution < -0.4 is 5.32 Å². The Kier molecular flexibility index (Phi) is 6.00. The summed E-state index contributed by atoms with van der Waals surface area (Å²) in [6.07, 6.45) is 3.41. The summed E-state index contributed by atoms with van der Waals surface area (Å²) in [7, 11) is 0. The van der Waals surface area contributed by atoms with Crippen LogP contribution in [0, 0.1) is 13.7 Å². The summed E-state index contributed by atoms with van der Waals surface area (Å²) in [6.45, 7) is 0. The lowest BCUT2D eigenvalue weighted by atomic mass is 10.2. The zero-order chi connectivity index (χ0) is 18.8. The van der Waals surface area contributed by atoms with E-state index >= 15 is 0 Å². The summed E-state index contributed by atoms with van der Waals surface area (Å²) in [4.78, 5) is 24.0. The van der Waals surface area contributed by atoms with E-state index in [1.807, 2.05) is 36.4 Å². The van der Waals surface area contributed by atoms with Gasteiger partial charge in [-0.3, -0.25) is 15.1 Å². The van der Waals surface area contributed by atoms with Crippen LogP contribution in [0.2, 0.25) is 0 Å². The fourth-order valence-corrected chi connectivity index (χ4v) is 3.28. The molecule has 1 N–H and O–H groups in total. The molecule has 0 aliphatic rings. The van der Waals surface area contributed by atoms with E-state index < -0.39 is 4.92 Å². The monoisotopic (exact) mass is 505 g/mol. The van der Waals surface area contributed by atoms with Crippen LogP contribution in [0.3, 0.4) is 0 Å². The number of para-hydroxylation sites is 1. The summed E-state index contributed by atoms with van der Waals surface area (Å²) < 4.78 is 0.729. The van der Waals surface area contributed by atoms with Crippen LogP contribution in [0.5, 0.6) is 0 Å². The Morgan fingerprint density at radius 3 is 2.57 bits per heavy atom. The van der Waals surface area contributed by atoms with Crippen LogP contribution >= 0.6 is 35.0 Å². The van der Waals surface area contributed by atoms with Crippen molar-refractivity contribution in [3.05, 3.63) is 80.7 Å². The topological polar surface area (TPSA) is 93.8 Å². The molecule has 0 saturated carbocycles. The Morgan fingerprint density at radius 2 is 1.86 bits per heavy atom. The Balaban J connectivity index is 0.00000225. The average molecular weight is 506 g/mol. The Labute approximate surface area is 180 Å². The van der Waals surface area contributed by atoms with Gasteiger partial charge in [-0.05, 0) is 52.9 Å². The van der Waals surface area contributed by atoms with Crippen LogP contribution in [0.15, 0.2) is 67.0 Å². The lowest BCUT2D eigenvalue weighted by Gasteiger charge is -2.12. The highest BCUT2D eigenvalue weighted by molar-refractivity contribution is 14.1. The number of fused-ring (bicyclic) bond motifs is 1. The number of nitrogens with zero attached hydrogens (tertiary/aromatic N) is 4. The summed E-state index contributed by atoms with van der Waals surface area (Å²) in [5, 5.41) is 15.1. The molecular weight excluding hydrogens is 493 g/mol. The second kappa shape index (κ2) is 8.44. The van der Waals surface area contributed by atoms with Crippen molar-refractivity contribution < 1.29 is 4.92 Å². The molecule has 0 aliphatic carbocycles. The molecule has 2 heterocycles. The van der Waals surface area contributed by atoms with Gasteiger partial charge < -0.3 is 5.32 Å². The van der Waals surface area contributed by atoms with Crippen molar-refractivity contribution in [2.75, 3.05) is 5.32 Å². The van der Waals surface area contributed by atoms with Gasteiger partial charge in [-0.1, -0.05) is 12.1 Å². The van der Waals surface area contributed by atoms with Crippen molar-refractivity contribution in [1.29, 1.82) is 0 Å². The largest absolute Gasteiger partial charge is 0.339 e. The minimum absolute atomic E-state index is 0.